The van der Waals surface area contributed by atoms with Crippen molar-refractivity contribution in [3.05, 3.63) is 21.1 Å². The van der Waals surface area contributed by atoms with Gasteiger partial charge in [-0.3, -0.25) is 14.9 Å². The molecule has 1 N–H and O–H groups in total. The van der Waals surface area contributed by atoms with Crippen molar-refractivity contribution in [1.29, 1.82) is 0 Å². The number of likely N-dealkylation sites (N-methyl/N-ethyl adjacent to an activating group) is 1. The van der Waals surface area contributed by atoms with E-state index in [1.807, 2.05) is 6.92 Å². The number of ketones is 1. The molecular formula is C12H18N2O4S. The highest BCUT2D eigenvalue weighted by Gasteiger charge is 2.27. The average Bonchev–Trinajstić information content (AvgIpc) is 2.69. The third-order valence-corrected chi connectivity index (χ3v) is 3.77. The van der Waals surface area contributed by atoms with Gasteiger partial charge in [-0.05, 0) is 27.7 Å². The fourth-order valence-corrected chi connectivity index (χ4v) is 2.78. The van der Waals surface area contributed by atoms with E-state index in [1.165, 1.54) is 13.0 Å². The maximum absolute atomic E-state index is 11.3. The smallest absolute Gasteiger partial charge is 0.304 e. The fourth-order valence-electron chi connectivity index (χ4n) is 1.70. The molecule has 0 aromatic carbocycles. The van der Waals surface area contributed by atoms with Crippen molar-refractivity contribution in [2.45, 2.75) is 33.3 Å². The summed E-state index contributed by atoms with van der Waals surface area (Å²) >= 11 is 1.09. The van der Waals surface area contributed by atoms with Crippen LogP contribution >= 0.6 is 11.3 Å². The van der Waals surface area contributed by atoms with Crippen molar-refractivity contribution in [1.82, 2.24) is 0 Å². The van der Waals surface area contributed by atoms with Gasteiger partial charge in [0.2, 0.25) is 0 Å². The van der Waals surface area contributed by atoms with E-state index in [1.54, 1.807) is 18.7 Å². The number of carbonyl (C=O) groups excluding carboxylic acids is 1. The Morgan fingerprint density at radius 1 is 1.58 bits per heavy atom. The second-order valence-corrected chi connectivity index (χ2v) is 5.97. The van der Waals surface area contributed by atoms with Crippen LogP contribution in [0.3, 0.4) is 0 Å². The van der Waals surface area contributed by atoms with E-state index in [0.29, 0.717) is 16.4 Å². The van der Waals surface area contributed by atoms with Gasteiger partial charge in [0.15, 0.2) is 10.8 Å². The predicted octanol–water partition coefficient (Wildman–Crippen LogP) is 2.46. The Bertz CT molecular complexity index is 490. The van der Waals surface area contributed by atoms with Crippen LogP contribution in [-0.4, -0.2) is 34.5 Å². The van der Waals surface area contributed by atoms with E-state index in [0.717, 1.165) is 11.3 Å². The van der Waals surface area contributed by atoms with Crippen LogP contribution in [0.1, 0.15) is 37.4 Å². The molecule has 0 aliphatic carbocycles. The van der Waals surface area contributed by atoms with E-state index in [-0.39, 0.29) is 18.0 Å². The van der Waals surface area contributed by atoms with Gasteiger partial charge >= 0.3 is 5.69 Å². The molecule has 1 heterocycles. The maximum Gasteiger partial charge on any atom is 0.304 e. The topological polar surface area (TPSA) is 83.7 Å². The normalized spacial score (nSPS) is 11.4. The first-order valence-electron chi connectivity index (χ1n) is 5.92. The molecule has 0 unspecified atom stereocenters. The van der Waals surface area contributed by atoms with E-state index in [2.05, 4.69) is 0 Å². The Morgan fingerprint density at radius 2 is 2.16 bits per heavy atom. The van der Waals surface area contributed by atoms with Crippen LogP contribution in [-0.2, 0) is 0 Å². The number of hydrogen-bond donors (Lipinski definition) is 1. The zero-order valence-electron chi connectivity index (χ0n) is 11.5. The molecule has 0 saturated heterocycles. The minimum absolute atomic E-state index is 0.0821. The minimum atomic E-state index is -0.968. The van der Waals surface area contributed by atoms with E-state index in [9.17, 15) is 20.0 Å². The number of rotatable bonds is 6. The van der Waals surface area contributed by atoms with Crippen LogP contribution < -0.4 is 4.90 Å². The lowest BCUT2D eigenvalue weighted by Crippen LogP contribution is -2.38. The predicted molar refractivity (Wildman–Crippen MR) is 75.2 cm³/mol. The van der Waals surface area contributed by atoms with Gasteiger partial charge in [-0.1, -0.05) is 0 Å². The molecule has 0 amide bonds. The molecule has 0 radical (unpaired) electrons. The van der Waals surface area contributed by atoms with Gasteiger partial charge in [0.05, 0.1) is 15.4 Å². The molecule has 0 aliphatic heterocycles. The Hall–Kier alpha value is -1.47. The van der Waals surface area contributed by atoms with Gasteiger partial charge in [0.25, 0.3) is 0 Å². The van der Waals surface area contributed by atoms with Gasteiger partial charge in [-0.25, -0.2) is 0 Å². The Balaban J connectivity index is 3.22. The summed E-state index contributed by atoms with van der Waals surface area (Å²) in [6.45, 7) is 7.29. The zero-order chi connectivity index (χ0) is 14.8. The lowest BCUT2D eigenvalue weighted by Gasteiger charge is -2.28. The number of nitro groups is 1. The van der Waals surface area contributed by atoms with Crippen molar-refractivity contribution in [2.24, 2.45) is 0 Å². The van der Waals surface area contributed by atoms with Crippen LogP contribution in [0.15, 0.2) is 6.07 Å². The SMILES string of the molecule is CCN(CC(C)(C)O)c1sc(C(C)=O)cc1[N+](=O)[O-]. The zero-order valence-corrected chi connectivity index (χ0v) is 12.3. The lowest BCUT2D eigenvalue weighted by molar-refractivity contribution is -0.383. The number of thiophene rings is 1. The summed E-state index contributed by atoms with van der Waals surface area (Å²) in [5, 5.41) is 21.3. The van der Waals surface area contributed by atoms with Crippen molar-refractivity contribution in [2.75, 3.05) is 18.0 Å². The molecule has 7 heteroatoms. The molecule has 106 valence electrons. The highest BCUT2D eigenvalue weighted by Crippen LogP contribution is 2.38. The molecule has 0 bridgehead atoms. The summed E-state index contributed by atoms with van der Waals surface area (Å²) < 4.78 is 0. The van der Waals surface area contributed by atoms with Gasteiger partial charge in [-0.15, -0.1) is 11.3 Å². The number of nitrogens with zero attached hydrogens (tertiary/aromatic N) is 2. The molecule has 0 fully saturated rings. The van der Waals surface area contributed by atoms with Crippen molar-refractivity contribution in [3.8, 4) is 0 Å². The molecule has 0 atom stereocenters. The molecule has 1 rings (SSSR count). The number of aliphatic hydroxyl groups is 1. The standard InChI is InChI=1S/C12H18N2O4S/c1-5-13(7-12(3,4)16)11-9(14(17)18)6-10(19-11)8(2)15/h6,16H,5,7H2,1-4H3. The van der Waals surface area contributed by atoms with Gasteiger partial charge in [0.1, 0.15) is 0 Å². The lowest BCUT2D eigenvalue weighted by atomic mass is 10.1. The van der Waals surface area contributed by atoms with Crippen LogP contribution in [0.4, 0.5) is 10.7 Å². The number of hydrogen-bond acceptors (Lipinski definition) is 6. The van der Waals surface area contributed by atoms with Gasteiger partial charge in [-0.2, -0.15) is 0 Å². The van der Waals surface area contributed by atoms with Gasteiger partial charge in [0, 0.05) is 19.2 Å². The highest BCUT2D eigenvalue weighted by atomic mass is 32.1. The maximum atomic E-state index is 11.3. The van der Waals surface area contributed by atoms with Crippen LogP contribution in [0.25, 0.3) is 0 Å². The number of Topliss-reactive ketones (excluding diaryl/α,β-unsaturated/α-hetero) is 1. The van der Waals surface area contributed by atoms with E-state index in [4.69, 9.17) is 0 Å². The molecule has 0 aliphatic rings. The van der Waals surface area contributed by atoms with Crippen LogP contribution in [0.2, 0.25) is 0 Å². The summed E-state index contributed by atoms with van der Waals surface area (Å²) in [6, 6.07) is 1.30. The molecule has 1 aromatic heterocycles. The Kier molecular flexibility index (Phi) is 4.65. The fraction of sp³-hybridized carbons (Fsp3) is 0.583. The molecule has 1 aromatic rings. The monoisotopic (exact) mass is 286 g/mol. The molecule has 19 heavy (non-hydrogen) atoms. The van der Waals surface area contributed by atoms with Crippen molar-refractivity contribution >= 4 is 27.8 Å². The van der Waals surface area contributed by atoms with E-state index < -0.39 is 10.5 Å². The molecular weight excluding hydrogens is 268 g/mol. The first-order valence-corrected chi connectivity index (χ1v) is 6.74. The van der Waals surface area contributed by atoms with Crippen LogP contribution in [0, 0.1) is 10.1 Å². The molecule has 0 spiro atoms. The van der Waals surface area contributed by atoms with Crippen molar-refractivity contribution in [3.63, 3.8) is 0 Å². The second-order valence-electron chi connectivity index (χ2n) is 4.94. The number of carbonyl (C=O) groups is 1. The third-order valence-electron chi connectivity index (χ3n) is 2.48. The van der Waals surface area contributed by atoms with E-state index >= 15 is 0 Å². The van der Waals surface area contributed by atoms with Gasteiger partial charge < -0.3 is 10.0 Å². The summed E-state index contributed by atoms with van der Waals surface area (Å²) in [4.78, 5) is 24.0. The summed E-state index contributed by atoms with van der Waals surface area (Å²) in [6.07, 6.45) is 0. The number of anilines is 1. The second kappa shape index (κ2) is 5.66. The van der Waals surface area contributed by atoms with Crippen LogP contribution in [0.5, 0.6) is 0 Å². The largest absolute Gasteiger partial charge is 0.389 e. The summed E-state index contributed by atoms with van der Waals surface area (Å²) in [5.74, 6) is -0.196. The molecule has 0 saturated carbocycles. The Labute approximate surface area is 115 Å². The average molecular weight is 286 g/mol. The first kappa shape index (κ1) is 15.6. The summed E-state index contributed by atoms with van der Waals surface area (Å²) in [5.41, 5.74) is -1.05. The molecule has 6 nitrogen and oxygen atoms in total. The summed E-state index contributed by atoms with van der Waals surface area (Å²) in [7, 11) is 0. The minimum Gasteiger partial charge on any atom is -0.389 e. The highest BCUT2D eigenvalue weighted by molar-refractivity contribution is 7.18. The first-order chi connectivity index (χ1) is 8.65. The quantitative estimate of drug-likeness (QED) is 0.493. The Morgan fingerprint density at radius 3 is 2.53 bits per heavy atom. The third kappa shape index (κ3) is 4.00. The van der Waals surface area contributed by atoms with Crippen molar-refractivity contribution < 1.29 is 14.8 Å².